The van der Waals surface area contributed by atoms with E-state index in [4.69, 9.17) is 16.3 Å². The second kappa shape index (κ2) is 8.16. The van der Waals surface area contributed by atoms with Gasteiger partial charge in [-0.2, -0.15) is 0 Å². The highest BCUT2D eigenvalue weighted by molar-refractivity contribution is 6.51. The summed E-state index contributed by atoms with van der Waals surface area (Å²) in [6, 6.07) is 18.3. The zero-order valence-electron chi connectivity index (χ0n) is 16.4. The molecule has 1 aliphatic rings. The Kier molecular flexibility index (Phi) is 5.40. The molecule has 1 amide bonds. The van der Waals surface area contributed by atoms with Crippen LogP contribution in [0.25, 0.3) is 5.76 Å². The minimum Gasteiger partial charge on any atom is -0.508 e. The third-order valence-corrected chi connectivity index (χ3v) is 5.34. The molecule has 31 heavy (non-hydrogen) atoms. The zero-order chi connectivity index (χ0) is 22.1. The molecule has 0 aliphatic carbocycles. The van der Waals surface area contributed by atoms with E-state index < -0.39 is 17.7 Å². The summed E-state index contributed by atoms with van der Waals surface area (Å²) >= 11 is 6.05. The van der Waals surface area contributed by atoms with Crippen molar-refractivity contribution < 1.29 is 24.5 Å². The van der Waals surface area contributed by atoms with Crippen LogP contribution in [0.1, 0.15) is 17.2 Å². The molecule has 0 radical (unpaired) electrons. The monoisotopic (exact) mass is 435 g/mol. The summed E-state index contributed by atoms with van der Waals surface area (Å²) in [5.41, 5.74) is 1.28. The maximum absolute atomic E-state index is 13.0. The number of nitrogens with zero attached hydrogens (tertiary/aromatic N) is 1. The number of aromatic hydroxyl groups is 1. The first-order valence-electron chi connectivity index (χ1n) is 9.40. The van der Waals surface area contributed by atoms with Crippen molar-refractivity contribution in [2.45, 2.75) is 6.04 Å². The topological polar surface area (TPSA) is 87.1 Å². The lowest BCUT2D eigenvalue weighted by molar-refractivity contribution is -0.132. The Morgan fingerprint density at radius 1 is 1.00 bits per heavy atom. The first-order chi connectivity index (χ1) is 14.9. The summed E-state index contributed by atoms with van der Waals surface area (Å²) < 4.78 is 5.17. The number of benzene rings is 3. The Labute approximate surface area is 183 Å². The van der Waals surface area contributed by atoms with Crippen LogP contribution in [-0.4, -0.2) is 29.0 Å². The van der Waals surface area contributed by atoms with Crippen LogP contribution < -0.4 is 9.64 Å². The van der Waals surface area contributed by atoms with E-state index in [1.54, 1.807) is 54.6 Å². The number of methoxy groups -OCH3 is 1. The summed E-state index contributed by atoms with van der Waals surface area (Å²) in [7, 11) is 1.53. The lowest BCUT2D eigenvalue weighted by Gasteiger charge is -2.25. The van der Waals surface area contributed by atoms with E-state index in [1.165, 1.54) is 30.2 Å². The van der Waals surface area contributed by atoms with Crippen molar-refractivity contribution in [3.05, 3.63) is 94.5 Å². The Morgan fingerprint density at radius 3 is 2.29 bits per heavy atom. The standard InChI is InChI=1S/C24H18ClNO5/c1-31-19-11-7-17(8-12-19)26-21(14-5-9-18(27)10-6-14)20(23(29)24(26)30)22(28)15-3-2-4-16(25)13-15/h2-13,21,27-28H,1H3/b22-20-. The van der Waals surface area contributed by atoms with Gasteiger partial charge in [-0.3, -0.25) is 14.5 Å². The molecule has 156 valence electrons. The maximum Gasteiger partial charge on any atom is 0.300 e. The number of Topliss-reactive ketones (excluding diaryl/α,β-unsaturated/α-hetero) is 1. The molecule has 3 aromatic carbocycles. The molecule has 0 bridgehead atoms. The number of hydrogen-bond donors (Lipinski definition) is 2. The molecule has 1 fully saturated rings. The highest BCUT2D eigenvalue weighted by Crippen LogP contribution is 2.42. The van der Waals surface area contributed by atoms with Gasteiger partial charge in [0.15, 0.2) is 0 Å². The first kappa shape index (κ1) is 20.5. The number of aliphatic hydroxyl groups is 1. The van der Waals surface area contributed by atoms with E-state index in [9.17, 15) is 19.8 Å². The van der Waals surface area contributed by atoms with Crippen molar-refractivity contribution in [3.8, 4) is 11.5 Å². The molecule has 0 aromatic heterocycles. The summed E-state index contributed by atoms with van der Waals surface area (Å²) in [6.45, 7) is 0. The average Bonchev–Trinajstić information content (AvgIpc) is 3.04. The summed E-state index contributed by atoms with van der Waals surface area (Å²) in [6.07, 6.45) is 0. The molecule has 1 unspecified atom stereocenters. The molecule has 1 saturated heterocycles. The second-order valence-electron chi connectivity index (χ2n) is 6.97. The van der Waals surface area contributed by atoms with Crippen molar-refractivity contribution in [2.75, 3.05) is 12.0 Å². The number of phenols is 1. The number of aliphatic hydroxyl groups excluding tert-OH is 1. The van der Waals surface area contributed by atoms with Crippen LogP contribution in [0.15, 0.2) is 78.4 Å². The smallest absolute Gasteiger partial charge is 0.300 e. The average molecular weight is 436 g/mol. The normalized spacial score (nSPS) is 17.7. The third-order valence-electron chi connectivity index (χ3n) is 5.10. The fraction of sp³-hybridized carbons (Fsp3) is 0.0833. The molecule has 7 heteroatoms. The van der Waals surface area contributed by atoms with Crippen molar-refractivity contribution in [1.29, 1.82) is 0 Å². The highest BCUT2D eigenvalue weighted by atomic mass is 35.5. The molecule has 4 rings (SSSR count). The van der Waals surface area contributed by atoms with Gasteiger partial charge in [-0.1, -0.05) is 35.9 Å². The van der Waals surface area contributed by atoms with Crippen LogP contribution in [0.5, 0.6) is 11.5 Å². The van der Waals surface area contributed by atoms with Crippen LogP contribution in [0.3, 0.4) is 0 Å². The number of amides is 1. The molecule has 2 N–H and O–H groups in total. The van der Waals surface area contributed by atoms with Crippen molar-refractivity contribution in [2.24, 2.45) is 0 Å². The van der Waals surface area contributed by atoms with Gasteiger partial charge in [0.05, 0.1) is 18.7 Å². The van der Waals surface area contributed by atoms with E-state index in [2.05, 4.69) is 0 Å². The number of rotatable bonds is 4. The molecular formula is C24H18ClNO5. The maximum atomic E-state index is 13.0. The van der Waals surface area contributed by atoms with Crippen LogP contribution in [0, 0.1) is 0 Å². The molecule has 1 aliphatic heterocycles. The predicted octanol–water partition coefficient (Wildman–Crippen LogP) is 4.68. The molecule has 1 heterocycles. The number of anilines is 1. The van der Waals surface area contributed by atoms with Gasteiger partial charge in [0.1, 0.15) is 17.3 Å². The second-order valence-corrected chi connectivity index (χ2v) is 7.41. The van der Waals surface area contributed by atoms with Gasteiger partial charge in [0.2, 0.25) is 0 Å². The van der Waals surface area contributed by atoms with E-state index in [1.807, 2.05) is 0 Å². The number of carbonyl (C=O) groups excluding carboxylic acids is 2. The Bertz CT molecular complexity index is 1190. The summed E-state index contributed by atoms with van der Waals surface area (Å²) in [4.78, 5) is 27.4. The minimum atomic E-state index is -0.895. The number of ketones is 1. The van der Waals surface area contributed by atoms with Crippen molar-refractivity contribution >= 4 is 34.7 Å². The predicted molar refractivity (Wildman–Crippen MR) is 117 cm³/mol. The Balaban J connectivity index is 1.92. The Morgan fingerprint density at radius 2 is 1.68 bits per heavy atom. The lowest BCUT2D eigenvalue weighted by atomic mass is 9.95. The molecular weight excluding hydrogens is 418 g/mol. The van der Waals surface area contributed by atoms with Gasteiger partial charge in [-0.05, 0) is 54.1 Å². The minimum absolute atomic E-state index is 0.0417. The number of phenolic OH excluding ortho intramolecular Hbond substituents is 1. The van der Waals surface area contributed by atoms with Crippen LogP contribution in [-0.2, 0) is 9.59 Å². The largest absolute Gasteiger partial charge is 0.508 e. The van der Waals surface area contributed by atoms with Crippen molar-refractivity contribution in [3.63, 3.8) is 0 Å². The van der Waals surface area contributed by atoms with E-state index in [-0.39, 0.29) is 17.1 Å². The number of ether oxygens (including phenoxy) is 1. The Hall–Kier alpha value is -3.77. The van der Waals surface area contributed by atoms with E-state index in [0.29, 0.717) is 27.6 Å². The van der Waals surface area contributed by atoms with Gasteiger partial charge in [-0.25, -0.2) is 0 Å². The van der Waals surface area contributed by atoms with Gasteiger partial charge in [0, 0.05) is 16.3 Å². The van der Waals surface area contributed by atoms with Gasteiger partial charge in [0.25, 0.3) is 11.7 Å². The van der Waals surface area contributed by atoms with Gasteiger partial charge >= 0.3 is 0 Å². The number of halogens is 1. The lowest BCUT2D eigenvalue weighted by Crippen LogP contribution is -2.29. The number of carbonyl (C=O) groups is 2. The summed E-state index contributed by atoms with van der Waals surface area (Å²) in [5, 5.41) is 21.1. The number of hydrogen-bond acceptors (Lipinski definition) is 5. The fourth-order valence-corrected chi connectivity index (χ4v) is 3.80. The first-order valence-corrected chi connectivity index (χ1v) is 9.78. The zero-order valence-corrected chi connectivity index (χ0v) is 17.2. The van der Waals surface area contributed by atoms with E-state index in [0.717, 1.165) is 0 Å². The third kappa shape index (κ3) is 3.73. The van der Waals surface area contributed by atoms with Crippen LogP contribution in [0.4, 0.5) is 5.69 Å². The molecule has 1 atom stereocenters. The van der Waals surface area contributed by atoms with Crippen LogP contribution in [0.2, 0.25) is 5.02 Å². The molecule has 3 aromatic rings. The summed E-state index contributed by atoms with van der Waals surface area (Å²) in [5.74, 6) is -1.27. The van der Waals surface area contributed by atoms with Crippen molar-refractivity contribution in [1.82, 2.24) is 0 Å². The quantitative estimate of drug-likeness (QED) is 0.353. The molecule has 6 nitrogen and oxygen atoms in total. The van der Waals surface area contributed by atoms with Crippen LogP contribution >= 0.6 is 11.6 Å². The molecule has 0 saturated carbocycles. The van der Waals surface area contributed by atoms with Gasteiger partial charge in [-0.15, -0.1) is 0 Å². The SMILES string of the molecule is COc1ccc(N2C(=O)C(=O)/C(=C(\O)c3cccc(Cl)c3)C2c2ccc(O)cc2)cc1. The molecule has 0 spiro atoms. The van der Waals surface area contributed by atoms with E-state index >= 15 is 0 Å². The highest BCUT2D eigenvalue weighted by Gasteiger charge is 2.47. The van der Waals surface area contributed by atoms with Gasteiger partial charge < -0.3 is 14.9 Å². The fourth-order valence-electron chi connectivity index (χ4n) is 3.60.